The Kier molecular flexibility index (Phi) is 7.59. The molecule has 2 rings (SSSR count). The first kappa shape index (κ1) is 24.6. The summed E-state index contributed by atoms with van der Waals surface area (Å²) in [6, 6.07) is 7.48. The van der Waals surface area contributed by atoms with E-state index < -0.39 is 34.9 Å². The largest absolute Gasteiger partial charge is 0.458 e. The van der Waals surface area contributed by atoms with Gasteiger partial charge in [0.05, 0.1) is 0 Å². The lowest BCUT2D eigenvalue weighted by Crippen LogP contribution is -2.48. The summed E-state index contributed by atoms with van der Waals surface area (Å²) >= 11 is 3.41. The monoisotopic (exact) mass is 485 g/mol. The Morgan fingerprint density at radius 3 is 2.27 bits per heavy atom. The van der Waals surface area contributed by atoms with Gasteiger partial charge < -0.3 is 14.4 Å². The van der Waals surface area contributed by atoms with E-state index in [1.54, 1.807) is 41.5 Å². The second-order valence-corrected chi connectivity index (χ2v) is 10.5. The van der Waals surface area contributed by atoms with Crippen molar-refractivity contribution in [3.63, 3.8) is 0 Å². The lowest BCUT2D eigenvalue weighted by atomic mass is 9.82. The van der Waals surface area contributed by atoms with E-state index in [2.05, 4.69) is 15.9 Å². The van der Waals surface area contributed by atoms with Crippen LogP contribution < -0.4 is 0 Å². The summed E-state index contributed by atoms with van der Waals surface area (Å²) in [5.41, 5.74) is -1.97. The number of benzene rings is 1. The minimum Gasteiger partial charge on any atom is -0.458 e. The molecule has 1 fully saturated rings. The second-order valence-electron chi connectivity index (χ2n) is 9.91. The maximum absolute atomic E-state index is 16.5. The topological polar surface area (TPSA) is 55.8 Å². The van der Waals surface area contributed by atoms with Gasteiger partial charge in [-0.05, 0) is 59.1 Å². The lowest BCUT2D eigenvalue weighted by molar-refractivity contribution is -0.173. The Morgan fingerprint density at radius 1 is 1.10 bits per heavy atom. The minimum absolute atomic E-state index is 0.102. The molecule has 0 saturated carbocycles. The average Bonchev–Trinajstić information content (AvgIpc) is 3.09. The van der Waals surface area contributed by atoms with Crippen molar-refractivity contribution < 1.29 is 23.5 Å². The highest BCUT2D eigenvalue weighted by molar-refractivity contribution is 9.08. The Balaban J connectivity index is 2.27. The average molecular weight is 486 g/mol. The molecular weight excluding hydrogens is 453 g/mol. The molecule has 1 aliphatic heterocycles. The Bertz CT molecular complexity index is 771. The number of ether oxygens (including phenoxy) is 2. The van der Waals surface area contributed by atoms with Crippen molar-refractivity contribution in [3.8, 4) is 0 Å². The van der Waals surface area contributed by atoms with Crippen molar-refractivity contribution in [3.05, 3.63) is 35.4 Å². The fraction of sp³-hybridized carbons (Fsp3) is 0.652. The molecule has 0 aliphatic carbocycles. The van der Waals surface area contributed by atoms with Gasteiger partial charge in [0.15, 0.2) is 0 Å². The third-order valence-electron chi connectivity index (χ3n) is 4.83. The van der Waals surface area contributed by atoms with Crippen molar-refractivity contribution in [2.45, 2.75) is 76.6 Å². The highest BCUT2D eigenvalue weighted by atomic mass is 79.9. The lowest BCUT2D eigenvalue weighted by Gasteiger charge is -2.33. The number of halogens is 2. The van der Waals surface area contributed by atoms with Crippen molar-refractivity contribution in [2.75, 3.05) is 13.1 Å². The molecule has 0 radical (unpaired) electrons. The number of esters is 1. The fourth-order valence-electron chi connectivity index (χ4n) is 3.49. The van der Waals surface area contributed by atoms with Gasteiger partial charge in [0.1, 0.15) is 11.2 Å². The molecule has 7 heteroatoms. The number of carbonyl (C=O) groups excluding carboxylic acids is 2. The molecule has 1 aromatic carbocycles. The van der Waals surface area contributed by atoms with E-state index in [1.807, 2.05) is 24.3 Å². The molecule has 1 heterocycles. The van der Waals surface area contributed by atoms with Gasteiger partial charge in [0, 0.05) is 30.8 Å². The highest BCUT2D eigenvalue weighted by Crippen LogP contribution is 2.37. The van der Waals surface area contributed by atoms with Gasteiger partial charge in [-0.1, -0.05) is 40.2 Å². The summed E-state index contributed by atoms with van der Waals surface area (Å²) in [6.45, 7) is 11.0. The molecular formula is C23H33BrFNO4. The second kappa shape index (κ2) is 9.25. The van der Waals surface area contributed by atoms with Crippen molar-refractivity contribution in [1.29, 1.82) is 0 Å². The molecule has 5 nitrogen and oxygen atoms in total. The van der Waals surface area contributed by atoms with Gasteiger partial charge in [0.25, 0.3) is 0 Å². The van der Waals surface area contributed by atoms with Crippen molar-refractivity contribution >= 4 is 28.0 Å². The number of hydrogen-bond donors (Lipinski definition) is 0. The van der Waals surface area contributed by atoms with Crippen LogP contribution >= 0.6 is 15.9 Å². The van der Waals surface area contributed by atoms with Crippen LogP contribution in [0.15, 0.2) is 24.3 Å². The van der Waals surface area contributed by atoms with Crippen molar-refractivity contribution in [1.82, 2.24) is 4.90 Å². The molecule has 1 amide bonds. The molecule has 30 heavy (non-hydrogen) atoms. The molecule has 1 saturated heterocycles. The van der Waals surface area contributed by atoms with Gasteiger partial charge in [-0.3, -0.25) is 0 Å². The van der Waals surface area contributed by atoms with Crippen LogP contribution in [0.25, 0.3) is 0 Å². The minimum atomic E-state index is -2.24. The van der Waals surface area contributed by atoms with Crippen LogP contribution in [0.1, 0.15) is 59.1 Å². The summed E-state index contributed by atoms with van der Waals surface area (Å²) < 4.78 is 27.3. The van der Waals surface area contributed by atoms with Crippen LogP contribution in [0.2, 0.25) is 0 Å². The van der Waals surface area contributed by atoms with Crippen LogP contribution in [0, 0.1) is 5.92 Å². The van der Waals surface area contributed by atoms with E-state index in [1.165, 1.54) is 4.90 Å². The quantitative estimate of drug-likeness (QED) is 0.412. The SMILES string of the molecule is CC(C)(C)OC(=O)N1CC[C@H](C(F)(Cc2cccc(CBr)c2)C(=O)OC(C)(C)C)C1. The predicted molar refractivity (Wildman–Crippen MR) is 118 cm³/mol. The van der Waals surface area contributed by atoms with Gasteiger partial charge in [-0.15, -0.1) is 0 Å². The number of amides is 1. The maximum Gasteiger partial charge on any atom is 0.410 e. The molecule has 1 unspecified atom stereocenters. The third kappa shape index (κ3) is 6.69. The summed E-state index contributed by atoms with van der Waals surface area (Å²) in [5.74, 6) is -1.55. The zero-order chi connectivity index (χ0) is 22.7. The van der Waals surface area contributed by atoms with E-state index in [-0.39, 0.29) is 13.0 Å². The Hall–Kier alpha value is -1.63. The maximum atomic E-state index is 16.5. The van der Waals surface area contributed by atoms with Gasteiger partial charge >= 0.3 is 12.1 Å². The summed E-state index contributed by atoms with van der Waals surface area (Å²) in [4.78, 5) is 26.9. The van der Waals surface area contributed by atoms with Crippen LogP contribution in [-0.4, -0.2) is 46.9 Å². The van der Waals surface area contributed by atoms with Gasteiger partial charge in [0.2, 0.25) is 5.67 Å². The van der Waals surface area contributed by atoms with E-state index in [0.29, 0.717) is 18.3 Å². The predicted octanol–water partition coefficient (Wildman–Crippen LogP) is 5.43. The first-order valence-electron chi connectivity index (χ1n) is 10.3. The van der Waals surface area contributed by atoms with E-state index in [0.717, 1.165) is 11.1 Å². The molecule has 1 aromatic rings. The Labute approximate surface area is 187 Å². The molecule has 168 valence electrons. The van der Waals surface area contributed by atoms with Gasteiger partial charge in [-0.25, -0.2) is 14.0 Å². The summed E-state index contributed by atoms with van der Waals surface area (Å²) in [6.07, 6.45) is -0.222. The molecule has 2 atom stereocenters. The number of rotatable bonds is 5. The van der Waals surface area contributed by atoms with Crippen LogP contribution in [-0.2, 0) is 26.0 Å². The zero-order valence-electron chi connectivity index (χ0n) is 18.8. The number of alkyl halides is 2. The van der Waals surface area contributed by atoms with Gasteiger partial charge in [-0.2, -0.15) is 0 Å². The van der Waals surface area contributed by atoms with E-state index in [4.69, 9.17) is 9.47 Å². The number of nitrogens with zero attached hydrogens (tertiary/aromatic N) is 1. The van der Waals surface area contributed by atoms with Crippen LogP contribution in [0.5, 0.6) is 0 Å². The number of carbonyl (C=O) groups is 2. The highest BCUT2D eigenvalue weighted by Gasteiger charge is 2.52. The fourth-order valence-corrected chi connectivity index (χ4v) is 3.84. The van der Waals surface area contributed by atoms with Crippen molar-refractivity contribution in [2.24, 2.45) is 5.92 Å². The standard InChI is InChI=1S/C23H33BrFNO4/c1-21(2,3)29-19(27)23(25,13-16-8-7-9-17(12-16)14-24)18-10-11-26(15-18)20(28)30-22(4,5)6/h7-9,12,18H,10-11,13-15H2,1-6H3/t18-,23?/m0/s1. The first-order valence-corrected chi connectivity index (χ1v) is 11.4. The third-order valence-corrected chi connectivity index (χ3v) is 5.48. The first-order chi connectivity index (χ1) is 13.7. The number of hydrogen-bond acceptors (Lipinski definition) is 4. The smallest absolute Gasteiger partial charge is 0.410 e. The summed E-state index contributed by atoms with van der Waals surface area (Å²) in [5, 5.41) is 0.641. The van der Waals surface area contributed by atoms with Crippen LogP contribution in [0.3, 0.4) is 0 Å². The summed E-state index contributed by atoms with van der Waals surface area (Å²) in [7, 11) is 0. The normalized spacial score (nSPS) is 19.3. The Morgan fingerprint density at radius 2 is 1.70 bits per heavy atom. The molecule has 0 N–H and O–H groups in total. The van der Waals surface area contributed by atoms with E-state index in [9.17, 15) is 9.59 Å². The molecule has 0 bridgehead atoms. The van der Waals surface area contributed by atoms with E-state index >= 15 is 4.39 Å². The molecule has 0 aromatic heterocycles. The molecule has 0 spiro atoms. The number of likely N-dealkylation sites (tertiary alicyclic amines) is 1. The molecule has 1 aliphatic rings. The zero-order valence-corrected chi connectivity index (χ0v) is 20.3. The van der Waals surface area contributed by atoms with Crippen LogP contribution in [0.4, 0.5) is 9.18 Å².